The van der Waals surface area contributed by atoms with Crippen LogP contribution in [-0.2, 0) is 0 Å². The van der Waals surface area contributed by atoms with Crippen molar-refractivity contribution in [3.05, 3.63) is 0 Å². The van der Waals surface area contributed by atoms with Crippen molar-refractivity contribution in [2.24, 2.45) is 11.3 Å². The summed E-state index contributed by atoms with van der Waals surface area (Å²) in [6.45, 7) is 13.7. The second-order valence-corrected chi connectivity index (χ2v) is 8.49. The highest BCUT2D eigenvalue weighted by molar-refractivity contribution is 9.09. The van der Waals surface area contributed by atoms with E-state index in [1.807, 2.05) is 0 Å². The Morgan fingerprint density at radius 2 is 1.60 bits per heavy atom. The van der Waals surface area contributed by atoms with Crippen molar-refractivity contribution in [2.75, 3.05) is 38.1 Å². The molecule has 20 heavy (non-hydrogen) atoms. The van der Waals surface area contributed by atoms with E-state index in [4.69, 9.17) is 0 Å². The fourth-order valence-electron chi connectivity index (χ4n) is 3.62. The van der Waals surface area contributed by atoms with E-state index >= 15 is 0 Å². The van der Waals surface area contributed by atoms with E-state index in [0.29, 0.717) is 5.41 Å². The van der Waals surface area contributed by atoms with Crippen molar-refractivity contribution in [2.45, 2.75) is 58.9 Å². The van der Waals surface area contributed by atoms with E-state index in [9.17, 15) is 0 Å². The quantitative estimate of drug-likeness (QED) is 0.711. The van der Waals surface area contributed by atoms with Gasteiger partial charge in [0, 0.05) is 17.9 Å². The standard InChI is InChI=1S/C17H33BrN2/c1-17(2,3)15(13-18)14-19-11-7-16(8-12-19)20-9-5-4-6-10-20/h15-16H,4-14H2,1-3H3. The smallest absolute Gasteiger partial charge is 0.0120 e. The first-order chi connectivity index (χ1) is 9.50. The first-order valence-corrected chi connectivity index (χ1v) is 9.65. The molecule has 1 atom stereocenters. The zero-order valence-corrected chi connectivity index (χ0v) is 15.3. The van der Waals surface area contributed by atoms with Crippen LogP contribution in [0.5, 0.6) is 0 Å². The molecule has 0 aliphatic carbocycles. The number of likely N-dealkylation sites (tertiary alicyclic amines) is 2. The molecule has 0 spiro atoms. The lowest BCUT2D eigenvalue weighted by Gasteiger charge is -2.42. The highest BCUT2D eigenvalue weighted by Gasteiger charge is 2.29. The number of halogens is 1. The fourth-order valence-corrected chi connectivity index (χ4v) is 4.79. The van der Waals surface area contributed by atoms with Gasteiger partial charge in [-0.1, -0.05) is 43.1 Å². The van der Waals surface area contributed by atoms with Gasteiger partial charge in [0.05, 0.1) is 0 Å². The molecule has 0 aromatic heterocycles. The van der Waals surface area contributed by atoms with Crippen LogP contribution in [0.1, 0.15) is 52.9 Å². The van der Waals surface area contributed by atoms with E-state index in [1.165, 1.54) is 64.8 Å². The molecule has 0 N–H and O–H groups in total. The SMILES string of the molecule is CC(C)(C)C(CBr)CN1CCC(N2CCCCC2)CC1. The summed E-state index contributed by atoms with van der Waals surface area (Å²) in [6.07, 6.45) is 7.08. The van der Waals surface area contributed by atoms with E-state index in [-0.39, 0.29) is 0 Å². The second kappa shape index (κ2) is 7.60. The zero-order valence-electron chi connectivity index (χ0n) is 13.7. The third kappa shape index (κ3) is 4.71. The average Bonchev–Trinajstić information content (AvgIpc) is 2.45. The summed E-state index contributed by atoms with van der Waals surface area (Å²) < 4.78 is 0. The molecule has 2 aliphatic heterocycles. The van der Waals surface area contributed by atoms with Crippen LogP contribution in [0.2, 0.25) is 0 Å². The monoisotopic (exact) mass is 344 g/mol. The number of hydrogen-bond acceptors (Lipinski definition) is 2. The highest BCUT2D eigenvalue weighted by Crippen LogP contribution is 2.29. The van der Waals surface area contributed by atoms with Gasteiger partial charge in [-0.25, -0.2) is 0 Å². The van der Waals surface area contributed by atoms with Crippen LogP contribution >= 0.6 is 15.9 Å². The molecule has 0 aromatic rings. The maximum Gasteiger partial charge on any atom is 0.0120 e. The molecule has 3 heteroatoms. The predicted octanol–water partition coefficient (Wildman–Crippen LogP) is 3.99. The Kier molecular flexibility index (Phi) is 6.37. The summed E-state index contributed by atoms with van der Waals surface area (Å²) in [7, 11) is 0. The normalized spacial score (nSPS) is 25.8. The maximum atomic E-state index is 3.72. The molecule has 2 aliphatic rings. The molecule has 0 saturated carbocycles. The largest absolute Gasteiger partial charge is 0.303 e. The second-order valence-electron chi connectivity index (χ2n) is 7.85. The Balaban J connectivity index is 1.76. The lowest BCUT2D eigenvalue weighted by molar-refractivity contribution is 0.0753. The fraction of sp³-hybridized carbons (Fsp3) is 1.00. The summed E-state index contributed by atoms with van der Waals surface area (Å²) in [5, 5.41) is 1.13. The van der Waals surface area contributed by atoms with Gasteiger partial charge in [0.1, 0.15) is 0 Å². The van der Waals surface area contributed by atoms with Crippen molar-refractivity contribution in [1.29, 1.82) is 0 Å². The van der Waals surface area contributed by atoms with Gasteiger partial charge in [0.25, 0.3) is 0 Å². The minimum absolute atomic E-state index is 0.410. The molecular formula is C17H33BrN2. The van der Waals surface area contributed by atoms with E-state index in [2.05, 4.69) is 46.5 Å². The average molecular weight is 345 g/mol. The zero-order chi connectivity index (χ0) is 14.6. The highest BCUT2D eigenvalue weighted by atomic mass is 79.9. The van der Waals surface area contributed by atoms with E-state index in [1.54, 1.807) is 0 Å². The van der Waals surface area contributed by atoms with Gasteiger partial charge in [0.2, 0.25) is 0 Å². The third-order valence-corrected chi connectivity index (χ3v) is 6.14. The first-order valence-electron chi connectivity index (χ1n) is 8.53. The molecule has 2 heterocycles. The Labute approximate surface area is 134 Å². The Hall–Kier alpha value is 0.400. The topological polar surface area (TPSA) is 6.48 Å². The number of piperidine rings is 2. The number of nitrogens with zero attached hydrogens (tertiary/aromatic N) is 2. The van der Waals surface area contributed by atoms with Crippen LogP contribution in [0, 0.1) is 11.3 Å². The lowest BCUT2D eigenvalue weighted by atomic mass is 9.81. The van der Waals surface area contributed by atoms with Crippen molar-refractivity contribution >= 4 is 15.9 Å². The lowest BCUT2D eigenvalue weighted by Crippen LogP contribution is -2.48. The van der Waals surface area contributed by atoms with Crippen LogP contribution in [0.3, 0.4) is 0 Å². The van der Waals surface area contributed by atoms with Gasteiger partial charge in [-0.2, -0.15) is 0 Å². The summed E-state index contributed by atoms with van der Waals surface area (Å²) >= 11 is 3.72. The Morgan fingerprint density at radius 3 is 2.10 bits per heavy atom. The molecular weight excluding hydrogens is 312 g/mol. The summed E-state index contributed by atoms with van der Waals surface area (Å²) in [5.41, 5.74) is 0.410. The van der Waals surface area contributed by atoms with Crippen molar-refractivity contribution in [3.63, 3.8) is 0 Å². The van der Waals surface area contributed by atoms with E-state index in [0.717, 1.165) is 17.3 Å². The van der Waals surface area contributed by atoms with Gasteiger partial charge >= 0.3 is 0 Å². The first kappa shape index (κ1) is 16.8. The molecule has 0 bridgehead atoms. The molecule has 1 unspecified atom stereocenters. The van der Waals surface area contributed by atoms with Crippen molar-refractivity contribution < 1.29 is 0 Å². The van der Waals surface area contributed by atoms with Crippen LogP contribution in [0.25, 0.3) is 0 Å². The van der Waals surface area contributed by atoms with Gasteiger partial charge in [-0.15, -0.1) is 0 Å². The van der Waals surface area contributed by atoms with Crippen LogP contribution in [0.4, 0.5) is 0 Å². The molecule has 0 aromatic carbocycles. The minimum atomic E-state index is 0.410. The number of alkyl halides is 1. The van der Waals surface area contributed by atoms with Crippen LogP contribution in [-0.4, -0.2) is 53.9 Å². The Morgan fingerprint density at radius 1 is 1.00 bits per heavy atom. The summed E-state index contributed by atoms with van der Waals surface area (Å²) in [4.78, 5) is 5.48. The molecule has 0 radical (unpaired) electrons. The Bertz CT molecular complexity index is 273. The van der Waals surface area contributed by atoms with Crippen LogP contribution in [0.15, 0.2) is 0 Å². The molecule has 2 nitrogen and oxygen atoms in total. The molecule has 0 amide bonds. The summed E-state index contributed by atoms with van der Waals surface area (Å²) in [6, 6.07) is 0.878. The van der Waals surface area contributed by atoms with Crippen molar-refractivity contribution in [1.82, 2.24) is 9.80 Å². The van der Waals surface area contributed by atoms with Gasteiger partial charge < -0.3 is 9.80 Å². The molecule has 2 rings (SSSR count). The molecule has 118 valence electrons. The van der Waals surface area contributed by atoms with Gasteiger partial charge in [-0.05, 0) is 63.2 Å². The van der Waals surface area contributed by atoms with Crippen LogP contribution < -0.4 is 0 Å². The molecule has 2 saturated heterocycles. The maximum absolute atomic E-state index is 3.72. The van der Waals surface area contributed by atoms with Crippen molar-refractivity contribution in [3.8, 4) is 0 Å². The predicted molar refractivity (Wildman–Crippen MR) is 91.6 cm³/mol. The number of hydrogen-bond donors (Lipinski definition) is 0. The third-order valence-electron chi connectivity index (χ3n) is 5.35. The van der Waals surface area contributed by atoms with E-state index < -0.39 is 0 Å². The number of rotatable bonds is 4. The van der Waals surface area contributed by atoms with Gasteiger partial charge in [-0.3, -0.25) is 0 Å². The molecule has 2 fully saturated rings. The summed E-state index contributed by atoms with van der Waals surface area (Å²) in [5.74, 6) is 0.758. The minimum Gasteiger partial charge on any atom is -0.303 e. The van der Waals surface area contributed by atoms with Gasteiger partial charge in [0.15, 0.2) is 0 Å².